The molecule has 2 atom stereocenters. The molecule has 1 saturated heterocycles. The van der Waals surface area contributed by atoms with Crippen molar-refractivity contribution in [2.24, 2.45) is 0 Å². The normalized spacial score (nSPS) is 17.9. The Labute approximate surface area is 145 Å². The summed E-state index contributed by atoms with van der Waals surface area (Å²) in [4.78, 5) is 12.1. The summed E-state index contributed by atoms with van der Waals surface area (Å²) in [6.45, 7) is 2.60. The zero-order chi connectivity index (χ0) is 18.0. The summed E-state index contributed by atoms with van der Waals surface area (Å²) >= 11 is 0. The smallest absolute Gasteiger partial charge is 0.338 e. The van der Waals surface area contributed by atoms with Gasteiger partial charge in [-0.2, -0.15) is 8.42 Å². The lowest BCUT2D eigenvalue weighted by Gasteiger charge is -2.12. The Bertz CT molecular complexity index is 887. The Balaban J connectivity index is 1.72. The van der Waals surface area contributed by atoms with E-state index in [4.69, 9.17) is 18.8 Å². The molecule has 1 aliphatic heterocycles. The van der Waals surface area contributed by atoms with Crippen molar-refractivity contribution in [3.63, 3.8) is 0 Å². The van der Waals surface area contributed by atoms with E-state index in [1.165, 1.54) is 6.92 Å². The summed E-state index contributed by atoms with van der Waals surface area (Å²) in [5, 5.41) is 1.73. The second kappa shape index (κ2) is 6.99. The van der Waals surface area contributed by atoms with E-state index in [1.54, 1.807) is 18.2 Å². The van der Waals surface area contributed by atoms with Crippen molar-refractivity contribution in [1.29, 1.82) is 0 Å². The first-order valence-electron chi connectivity index (χ1n) is 7.74. The van der Waals surface area contributed by atoms with Gasteiger partial charge in [0.25, 0.3) is 10.1 Å². The molecule has 0 radical (unpaired) electrons. The Morgan fingerprint density at radius 2 is 2.00 bits per heavy atom. The summed E-state index contributed by atoms with van der Waals surface area (Å²) in [6.07, 6.45) is -0.798. The molecule has 0 aromatic heterocycles. The molecule has 7 nitrogen and oxygen atoms in total. The molecule has 0 bridgehead atoms. The van der Waals surface area contributed by atoms with Crippen LogP contribution in [0.2, 0.25) is 0 Å². The molecular formula is C17H18O7S. The van der Waals surface area contributed by atoms with Gasteiger partial charge in [-0.25, -0.2) is 4.79 Å². The number of hydrogen-bond acceptors (Lipinski definition) is 6. The van der Waals surface area contributed by atoms with Crippen LogP contribution in [-0.2, 0) is 19.6 Å². The molecule has 0 saturated carbocycles. The molecule has 0 aliphatic carbocycles. The van der Waals surface area contributed by atoms with Gasteiger partial charge in [0.2, 0.25) is 0 Å². The van der Waals surface area contributed by atoms with Gasteiger partial charge in [-0.05, 0) is 42.0 Å². The lowest BCUT2D eigenvalue weighted by atomic mass is 10.1. The van der Waals surface area contributed by atoms with Gasteiger partial charge in [0, 0.05) is 0 Å². The number of carbonyl (C=O) groups excluding carboxylic acids is 1. The van der Waals surface area contributed by atoms with Crippen LogP contribution in [0.5, 0.6) is 5.75 Å². The molecule has 8 heteroatoms. The summed E-state index contributed by atoms with van der Waals surface area (Å²) in [5.41, 5.74) is 0.289. The molecule has 134 valence electrons. The summed E-state index contributed by atoms with van der Waals surface area (Å²) in [5.74, 6) is -0.628. The van der Waals surface area contributed by atoms with E-state index in [9.17, 15) is 13.2 Å². The summed E-state index contributed by atoms with van der Waals surface area (Å²) in [6, 6.07) is 10.6. The largest absolute Gasteiger partial charge is 0.491 e. The lowest BCUT2D eigenvalue weighted by molar-refractivity contribution is 0.0382. The van der Waals surface area contributed by atoms with Gasteiger partial charge in [0.15, 0.2) is 0 Å². The minimum Gasteiger partial charge on any atom is -0.491 e. The van der Waals surface area contributed by atoms with E-state index in [2.05, 4.69) is 0 Å². The van der Waals surface area contributed by atoms with Crippen LogP contribution in [0, 0.1) is 0 Å². The minimum absolute atomic E-state index is 0.154. The van der Waals surface area contributed by atoms with E-state index < -0.39 is 27.9 Å². The molecule has 2 unspecified atom stereocenters. The molecule has 2 aromatic rings. The molecule has 0 spiro atoms. The molecular weight excluding hydrogens is 348 g/mol. The van der Waals surface area contributed by atoms with Gasteiger partial charge in [0.05, 0.1) is 12.2 Å². The quantitative estimate of drug-likeness (QED) is 0.454. The Morgan fingerprint density at radius 3 is 2.68 bits per heavy atom. The van der Waals surface area contributed by atoms with E-state index >= 15 is 0 Å². The molecule has 1 fully saturated rings. The average molecular weight is 366 g/mol. The van der Waals surface area contributed by atoms with Crippen LogP contribution in [-0.4, -0.2) is 50.1 Å². The third-order valence-corrected chi connectivity index (χ3v) is 4.53. The highest BCUT2D eigenvalue weighted by molar-refractivity contribution is 7.85. The van der Waals surface area contributed by atoms with E-state index in [0.29, 0.717) is 19.0 Å². The number of ether oxygens (including phenoxy) is 3. The van der Waals surface area contributed by atoms with Crippen molar-refractivity contribution in [2.45, 2.75) is 19.1 Å². The maximum atomic E-state index is 12.1. The topological polar surface area (TPSA) is 102 Å². The van der Waals surface area contributed by atoms with Crippen LogP contribution in [0.4, 0.5) is 0 Å². The minimum atomic E-state index is -4.20. The van der Waals surface area contributed by atoms with Crippen molar-refractivity contribution >= 4 is 26.9 Å². The first-order chi connectivity index (χ1) is 11.8. The monoisotopic (exact) mass is 366 g/mol. The van der Waals surface area contributed by atoms with E-state index in [1.807, 2.05) is 18.2 Å². The third-order valence-electron chi connectivity index (χ3n) is 3.64. The summed E-state index contributed by atoms with van der Waals surface area (Å²) in [7, 11) is -4.20. The Morgan fingerprint density at radius 1 is 1.28 bits per heavy atom. The van der Waals surface area contributed by atoms with Crippen molar-refractivity contribution in [2.75, 3.05) is 19.0 Å². The first kappa shape index (κ1) is 17.7. The van der Waals surface area contributed by atoms with Crippen LogP contribution < -0.4 is 4.74 Å². The number of esters is 1. The standard InChI is InChI=1S/C17H18O7S/c1-11(10-25(19,20)21)24-17(18)13-3-2-12-4-5-15(7-14(12)6-13)22-8-16-9-23-16/h2-7,11,16H,8-10H2,1H3,(H,19,20,21). The van der Waals surface area contributed by atoms with Gasteiger partial charge in [-0.3, -0.25) is 4.55 Å². The van der Waals surface area contributed by atoms with Gasteiger partial charge in [-0.15, -0.1) is 0 Å². The highest BCUT2D eigenvalue weighted by Gasteiger charge is 2.23. The fraction of sp³-hybridized carbons (Fsp3) is 0.353. The zero-order valence-corrected chi connectivity index (χ0v) is 14.4. The number of hydrogen-bond donors (Lipinski definition) is 1. The molecule has 1 aliphatic rings. The molecule has 0 amide bonds. The van der Waals surface area contributed by atoms with Crippen LogP contribution in [0.25, 0.3) is 10.8 Å². The molecule has 2 aromatic carbocycles. The lowest BCUT2D eigenvalue weighted by Crippen LogP contribution is -2.23. The highest BCUT2D eigenvalue weighted by Crippen LogP contribution is 2.23. The van der Waals surface area contributed by atoms with Crippen molar-refractivity contribution in [3.05, 3.63) is 42.0 Å². The number of carbonyl (C=O) groups is 1. The highest BCUT2D eigenvalue weighted by atomic mass is 32.2. The Kier molecular flexibility index (Phi) is 4.94. The maximum Gasteiger partial charge on any atom is 0.338 e. The number of rotatable bonds is 7. The molecule has 25 heavy (non-hydrogen) atoms. The predicted molar refractivity (Wildman–Crippen MR) is 90.5 cm³/mol. The SMILES string of the molecule is CC(CS(=O)(=O)O)OC(=O)c1ccc2ccc(OCC3CO3)cc2c1. The number of epoxide rings is 1. The maximum absolute atomic E-state index is 12.1. The third kappa shape index (κ3) is 5.15. The number of fused-ring (bicyclic) bond motifs is 1. The second-order valence-electron chi connectivity index (χ2n) is 5.95. The van der Waals surface area contributed by atoms with Crippen LogP contribution in [0.1, 0.15) is 17.3 Å². The first-order valence-corrected chi connectivity index (χ1v) is 9.35. The second-order valence-corrected chi connectivity index (χ2v) is 7.45. The molecule has 1 N–H and O–H groups in total. The number of benzene rings is 2. The van der Waals surface area contributed by atoms with Gasteiger partial charge >= 0.3 is 5.97 Å². The zero-order valence-electron chi connectivity index (χ0n) is 13.5. The van der Waals surface area contributed by atoms with Gasteiger partial charge in [0.1, 0.15) is 30.3 Å². The Hall–Kier alpha value is -2.16. The van der Waals surface area contributed by atoms with E-state index in [0.717, 1.165) is 10.8 Å². The fourth-order valence-electron chi connectivity index (χ4n) is 2.38. The van der Waals surface area contributed by atoms with E-state index in [-0.39, 0.29) is 11.7 Å². The van der Waals surface area contributed by atoms with Crippen molar-refractivity contribution in [1.82, 2.24) is 0 Å². The van der Waals surface area contributed by atoms with Crippen LogP contribution in [0.15, 0.2) is 36.4 Å². The molecule has 1 heterocycles. The fourth-order valence-corrected chi connectivity index (χ4v) is 3.04. The van der Waals surface area contributed by atoms with Gasteiger partial charge in [-0.1, -0.05) is 12.1 Å². The van der Waals surface area contributed by atoms with Crippen LogP contribution >= 0.6 is 0 Å². The molecule has 3 rings (SSSR count). The summed E-state index contributed by atoms with van der Waals surface area (Å²) < 4.78 is 46.2. The van der Waals surface area contributed by atoms with Crippen molar-refractivity contribution in [3.8, 4) is 5.75 Å². The van der Waals surface area contributed by atoms with Crippen molar-refractivity contribution < 1.29 is 32.0 Å². The predicted octanol–water partition coefficient (Wildman–Crippen LogP) is 2.05. The van der Waals surface area contributed by atoms with Crippen LogP contribution in [0.3, 0.4) is 0 Å². The average Bonchev–Trinajstić information content (AvgIpc) is 3.34. The van der Waals surface area contributed by atoms with Gasteiger partial charge < -0.3 is 14.2 Å².